The van der Waals surface area contributed by atoms with Crippen molar-refractivity contribution in [3.8, 4) is 5.75 Å². The fourth-order valence-corrected chi connectivity index (χ4v) is 1.43. The molecule has 1 aromatic rings. The number of ketones is 1. The number of carbonyl (C=O) groups is 1. The first-order valence-corrected chi connectivity index (χ1v) is 6.10. The van der Waals surface area contributed by atoms with Crippen molar-refractivity contribution in [3.63, 3.8) is 0 Å². The smallest absolute Gasteiger partial charge is 0.167 e. The number of Topliss-reactive ketones (excluding diaryl/α,β-unsaturated/α-hetero) is 1. The molecule has 2 nitrogen and oxygen atoms in total. The van der Waals surface area contributed by atoms with Gasteiger partial charge in [0.2, 0.25) is 0 Å². The van der Waals surface area contributed by atoms with Crippen LogP contribution in [0.5, 0.6) is 5.75 Å². The van der Waals surface area contributed by atoms with Crippen molar-refractivity contribution in [3.05, 3.63) is 42.0 Å². The average molecular weight is 232 g/mol. The van der Waals surface area contributed by atoms with Gasteiger partial charge in [-0.2, -0.15) is 0 Å². The lowest BCUT2D eigenvalue weighted by atomic mass is 10.0. The van der Waals surface area contributed by atoms with E-state index in [1.807, 2.05) is 25.1 Å². The van der Waals surface area contributed by atoms with Gasteiger partial charge in [-0.05, 0) is 25.0 Å². The highest BCUT2D eigenvalue weighted by molar-refractivity contribution is 5.97. The number of allylic oxidation sites excluding steroid dienone is 1. The summed E-state index contributed by atoms with van der Waals surface area (Å²) in [7, 11) is 0. The van der Waals surface area contributed by atoms with E-state index in [4.69, 9.17) is 4.74 Å². The summed E-state index contributed by atoms with van der Waals surface area (Å²) in [4.78, 5) is 11.9. The zero-order chi connectivity index (χ0) is 12.7. The maximum atomic E-state index is 11.9. The molecule has 0 heterocycles. The minimum absolute atomic E-state index is 0.110. The molecule has 0 bridgehead atoms. The largest absolute Gasteiger partial charge is 0.494 e. The number of rotatable bonds is 7. The van der Waals surface area contributed by atoms with Crippen LogP contribution in [0, 0.1) is 0 Å². The second kappa shape index (κ2) is 6.89. The van der Waals surface area contributed by atoms with Crippen LogP contribution in [-0.4, -0.2) is 12.4 Å². The predicted molar refractivity (Wildman–Crippen MR) is 70.6 cm³/mol. The molecule has 0 aliphatic carbocycles. The topological polar surface area (TPSA) is 26.3 Å². The Morgan fingerprint density at radius 2 is 2.12 bits per heavy atom. The van der Waals surface area contributed by atoms with Crippen molar-refractivity contribution >= 4 is 5.78 Å². The van der Waals surface area contributed by atoms with Gasteiger partial charge in [-0.25, -0.2) is 0 Å². The summed E-state index contributed by atoms with van der Waals surface area (Å²) in [5.41, 5.74) is 1.67. The maximum Gasteiger partial charge on any atom is 0.167 e. The third-order valence-corrected chi connectivity index (χ3v) is 2.54. The summed E-state index contributed by atoms with van der Waals surface area (Å²) in [6, 6.07) is 7.36. The molecule has 0 saturated heterocycles. The van der Waals surface area contributed by atoms with Crippen LogP contribution in [0.25, 0.3) is 0 Å². The molecular weight excluding hydrogens is 212 g/mol. The van der Waals surface area contributed by atoms with Crippen LogP contribution in [-0.2, 0) is 0 Å². The molecule has 0 radical (unpaired) electrons. The Bertz CT molecular complexity index is 394. The molecule has 0 atom stereocenters. The van der Waals surface area contributed by atoms with Crippen LogP contribution in [0.15, 0.2) is 36.4 Å². The molecule has 17 heavy (non-hydrogen) atoms. The molecule has 0 N–H and O–H groups in total. The summed E-state index contributed by atoms with van der Waals surface area (Å²) >= 11 is 0. The molecule has 2 heteroatoms. The van der Waals surface area contributed by atoms with Crippen molar-refractivity contribution in [1.82, 2.24) is 0 Å². The number of carbonyl (C=O) groups excluding carboxylic acids is 1. The highest BCUT2D eigenvalue weighted by atomic mass is 16.5. The van der Waals surface area contributed by atoms with Crippen LogP contribution >= 0.6 is 0 Å². The van der Waals surface area contributed by atoms with Crippen LogP contribution < -0.4 is 4.74 Å². The summed E-state index contributed by atoms with van der Waals surface area (Å²) in [6.07, 6.45) is 2.23. The van der Waals surface area contributed by atoms with Crippen molar-refractivity contribution < 1.29 is 9.53 Å². The van der Waals surface area contributed by atoms with Crippen LogP contribution in [0.4, 0.5) is 0 Å². The van der Waals surface area contributed by atoms with Gasteiger partial charge >= 0.3 is 0 Å². The fourth-order valence-electron chi connectivity index (χ4n) is 1.43. The van der Waals surface area contributed by atoms with Gasteiger partial charge in [0.05, 0.1) is 6.61 Å². The quantitative estimate of drug-likeness (QED) is 0.524. The number of hydrogen-bond donors (Lipinski definition) is 0. The lowest BCUT2D eigenvalue weighted by Crippen LogP contribution is -2.01. The normalized spacial score (nSPS) is 10.0. The van der Waals surface area contributed by atoms with E-state index in [-0.39, 0.29) is 5.78 Å². The molecule has 0 unspecified atom stereocenters. The molecule has 0 aliphatic rings. The van der Waals surface area contributed by atoms with E-state index in [0.717, 1.165) is 24.2 Å². The number of benzene rings is 1. The number of ether oxygens (including phenoxy) is 1. The molecule has 1 aromatic carbocycles. The molecule has 92 valence electrons. The summed E-state index contributed by atoms with van der Waals surface area (Å²) in [5, 5.41) is 0. The van der Waals surface area contributed by atoms with Gasteiger partial charge < -0.3 is 4.74 Å². The predicted octanol–water partition coefficient (Wildman–Crippen LogP) is 4.01. The Kier molecular flexibility index (Phi) is 5.47. The standard InChI is InChI=1S/C15H20O2/c1-4-9-17-14-8-6-7-13(11-14)15(16)10-12(3)5-2/h6-8,11H,3-5,9-10H2,1-2H3. The van der Waals surface area contributed by atoms with E-state index in [2.05, 4.69) is 13.5 Å². The van der Waals surface area contributed by atoms with Crippen molar-refractivity contribution in [2.75, 3.05) is 6.61 Å². The third-order valence-electron chi connectivity index (χ3n) is 2.54. The van der Waals surface area contributed by atoms with Gasteiger partial charge in [0.25, 0.3) is 0 Å². The summed E-state index contributed by atoms with van der Waals surface area (Å²) < 4.78 is 5.50. The molecule has 1 rings (SSSR count). The molecule has 0 amide bonds. The minimum atomic E-state index is 0.110. The molecule has 0 spiro atoms. The zero-order valence-electron chi connectivity index (χ0n) is 10.7. The van der Waals surface area contributed by atoms with Crippen molar-refractivity contribution in [2.45, 2.75) is 33.1 Å². The Hall–Kier alpha value is -1.57. The third kappa shape index (κ3) is 4.43. The Balaban J connectivity index is 2.70. The second-order valence-corrected chi connectivity index (χ2v) is 4.08. The van der Waals surface area contributed by atoms with Crippen LogP contribution in [0.3, 0.4) is 0 Å². The molecular formula is C15H20O2. The van der Waals surface area contributed by atoms with E-state index in [0.29, 0.717) is 18.6 Å². The monoisotopic (exact) mass is 232 g/mol. The zero-order valence-corrected chi connectivity index (χ0v) is 10.7. The van der Waals surface area contributed by atoms with Gasteiger partial charge in [0.1, 0.15) is 5.75 Å². The minimum Gasteiger partial charge on any atom is -0.494 e. The second-order valence-electron chi connectivity index (χ2n) is 4.08. The van der Waals surface area contributed by atoms with Crippen LogP contribution in [0.1, 0.15) is 43.5 Å². The summed E-state index contributed by atoms with van der Waals surface area (Å²) in [5.74, 6) is 0.874. The van der Waals surface area contributed by atoms with E-state index in [1.165, 1.54) is 0 Å². The Morgan fingerprint density at radius 3 is 2.76 bits per heavy atom. The molecule has 0 aromatic heterocycles. The maximum absolute atomic E-state index is 11.9. The molecule has 0 fully saturated rings. The summed E-state index contributed by atoms with van der Waals surface area (Å²) in [6.45, 7) is 8.60. The molecule has 0 saturated carbocycles. The van der Waals surface area contributed by atoms with Crippen LogP contribution in [0.2, 0.25) is 0 Å². The first-order chi connectivity index (χ1) is 8.17. The van der Waals surface area contributed by atoms with Gasteiger partial charge in [-0.1, -0.05) is 38.1 Å². The molecule has 0 aliphatic heterocycles. The van der Waals surface area contributed by atoms with Gasteiger partial charge in [0, 0.05) is 12.0 Å². The fraction of sp³-hybridized carbons (Fsp3) is 0.400. The van der Waals surface area contributed by atoms with Crippen molar-refractivity contribution in [1.29, 1.82) is 0 Å². The first kappa shape index (κ1) is 13.5. The van der Waals surface area contributed by atoms with E-state index in [9.17, 15) is 4.79 Å². The lowest BCUT2D eigenvalue weighted by molar-refractivity contribution is 0.0992. The highest BCUT2D eigenvalue weighted by Gasteiger charge is 2.07. The van der Waals surface area contributed by atoms with Crippen molar-refractivity contribution in [2.24, 2.45) is 0 Å². The van der Waals surface area contributed by atoms with E-state index in [1.54, 1.807) is 6.07 Å². The van der Waals surface area contributed by atoms with Gasteiger partial charge in [0.15, 0.2) is 5.78 Å². The average Bonchev–Trinajstić information content (AvgIpc) is 2.36. The lowest BCUT2D eigenvalue weighted by Gasteiger charge is -2.07. The SMILES string of the molecule is C=C(CC)CC(=O)c1cccc(OCCC)c1. The van der Waals surface area contributed by atoms with Gasteiger partial charge in [-0.3, -0.25) is 4.79 Å². The van der Waals surface area contributed by atoms with E-state index >= 15 is 0 Å². The highest BCUT2D eigenvalue weighted by Crippen LogP contribution is 2.17. The van der Waals surface area contributed by atoms with Gasteiger partial charge in [-0.15, -0.1) is 0 Å². The number of hydrogen-bond acceptors (Lipinski definition) is 2. The van der Waals surface area contributed by atoms with E-state index < -0.39 is 0 Å². The first-order valence-electron chi connectivity index (χ1n) is 6.10. The Morgan fingerprint density at radius 1 is 1.35 bits per heavy atom. The Labute approximate surface area is 103 Å².